The van der Waals surface area contributed by atoms with Crippen LogP contribution < -0.4 is 0 Å². The molecule has 0 aromatic heterocycles. The molecule has 0 N–H and O–H groups in total. The number of hydrogen-bond donors (Lipinski definition) is 0. The Morgan fingerprint density at radius 2 is 1.84 bits per heavy atom. The molecule has 0 fully saturated rings. The second kappa shape index (κ2) is 10.8. The van der Waals surface area contributed by atoms with Crippen LogP contribution >= 0.6 is 0 Å². The van der Waals surface area contributed by atoms with Gasteiger partial charge in [-0.2, -0.15) is 4.99 Å². The van der Waals surface area contributed by atoms with Crippen molar-refractivity contribution in [2.75, 3.05) is 13.1 Å². The molecule has 0 aromatic rings. The molecular weight excluding hydrogens is 240 g/mol. The molecule has 1 aliphatic rings. The van der Waals surface area contributed by atoms with E-state index in [1.54, 1.807) is 0 Å². The number of rotatable bonds is 7. The molecule has 0 bridgehead atoms. The van der Waals surface area contributed by atoms with Crippen molar-refractivity contribution in [3.8, 4) is 0 Å². The zero-order chi connectivity index (χ0) is 14.7. The standard InChI is InChI=1S/C13H24N2O2.C2H6/c1-4-7-8-9-10-15(6-3)13-14-12(16)11(5-2)17-13;1-2/h11H,4-10H2,1-3H3;1-2H3. The normalized spacial score (nSPS) is 17.4. The Morgan fingerprint density at radius 1 is 1.16 bits per heavy atom. The van der Waals surface area contributed by atoms with Crippen molar-refractivity contribution in [1.82, 2.24) is 4.90 Å². The second-order valence-corrected chi connectivity index (χ2v) is 4.39. The van der Waals surface area contributed by atoms with E-state index in [1.165, 1.54) is 19.3 Å². The first-order valence-electron chi connectivity index (χ1n) is 7.77. The molecule has 1 aliphatic heterocycles. The van der Waals surface area contributed by atoms with Crippen molar-refractivity contribution in [3.05, 3.63) is 0 Å². The van der Waals surface area contributed by atoms with Gasteiger partial charge in [-0.05, 0) is 19.8 Å². The number of nitrogens with zero attached hydrogens (tertiary/aromatic N) is 2. The van der Waals surface area contributed by atoms with Crippen molar-refractivity contribution >= 4 is 11.9 Å². The fraction of sp³-hybridized carbons (Fsp3) is 0.867. The molecule has 1 heterocycles. The molecule has 0 aliphatic carbocycles. The van der Waals surface area contributed by atoms with Gasteiger partial charge in [0.15, 0.2) is 6.10 Å². The fourth-order valence-corrected chi connectivity index (χ4v) is 1.89. The first-order chi connectivity index (χ1) is 9.22. The lowest BCUT2D eigenvalue weighted by Crippen LogP contribution is -2.33. The first kappa shape index (κ1) is 17.9. The minimum absolute atomic E-state index is 0.130. The number of amidine groups is 1. The molecule has 0 saturated heterocycles. The van der Waals surface area contributed by atoms with Gasteiger partial charge in [0.1, 0.15) is 0 Å². The highest BCUT2D eigenvalue weighted by Crippen LogP contribution is 2.13. The average molecular weight is 270 g/mol. The maximum Gasteiger partial charge on any atom is 0.296 e. The van der Waals surface area contributed by atoms with E-state index in [4.69, 9.17) is 4.74 Å². The van der Waals surface area contributed by atoms with Gasteiger partial charge in [-0.3, -0.25) is 4.79 Å². The highest BCUT2D eigenvalue weighted by Gasteiger charge is 2.29. The van der Waals surface area contributed by atoms with Crippen LogP contribution in [-0.2, 0) is 9.53 Å². The number of hydrogen-bond acceptors (Lipinski definition) is 3. The van der Waals surface area contributed by atoms with Crippen LogP contribution in [0, 0.1) is 0 Å². The van der Waals surface area contributed by atoms with E-state index < -0.39 is 0 Å². The quantitative estimate of drug-likeness (QED) is 0.664. The highest BCUT2D eigenvalue weighted by atomic mass is 16.5. The van der Waals surface area contributed by atoms with Gasteiger partial charge >= 0.3 is 0 Å². The number of amides is 1. The predicted octanol–water partition coefficient (Wildman–Crippen LogP) is 3.61. The van der Waals surface area contributed by atoms with Crippen LogP contribution in [0.4, 0.5) is 0 Å². The number of ether oxygens (including phenoxy) is 1. The smallest absolute Gasteiger partial charge is 0.296 e. The number of carbonyl (C=O) groups excluding carboxylic acids is 1. The van der Waals surface area contributed by atoms with Crippen LogP contribution in [0.25, 0.3) is 0 Å². The molecule has 1 atom stereocenters. The van der Waals surface area contributed by atoms with Crippen LogP contribution in [0.1, 0.15) is 66.7 Å². The summed E-state index contributed by atoms with van der Waals surface area (Å²) in [7, 11) is 0. The van der Waals surface area contributed by atoms with Gasteiger partial charge in [0, 0.05) is 13.1 Å². The van der Waals surface area contributed by atoms with E-state index in [9.17, 15) is 4.79 Å². The molecule has 4 heteroatoms. The zero-order valence-corrected chi connectivity index (χ0v) is 13.2. The van der Waals surface area contributed by atoms with E-state index in [-0.39, 0.29) is 12.0 Å². The Kier molecular flexibility index (Phi) is 10.2. The van der Waals surface area contributed by atoms with Gasteiger partial charge < -0.3 is 9.64 Å². The van der Waals surface area contributed by atoms with Gasteiger partial charge in [0.05, 0.1) is 0 Å². The molecule has 4 nitrogen and oxygen atoms in total. The van der Waals surface area contributed by atoms with E-state index >= 15 is 0 Å². The maximum atomic E-state index is 11.5. The van der Waals surface area contributed by atoms with E-state index in [0.29, 0.717) is 12.4 Å². The van der Waals surface area contributed by atoms with Crippen molar-refractivity contribution in [2.45, 2.75) is 72.8 Å². The Labute approximate surface area is 118 Å². The maximum absolute atomic E-state index is 11.5. The summed E-state index contributed by atoms with van der Waals surface area (Å²) >= 11 is 0. The van der Waals surface area contributed by atoms with Crippen LogP contribution in [0.15, 0.2) is 4.99 Å². The molecular formula is C15H30N2O2. The van der Waals surface area contributed by atoms with E-state index in [1.807, 2.05) is 20.8 Å². The Balaban J connectivity index is 0.00000154. The molecule has 0 saturated carbocycles. The molecule has 1 unspecified atom stereocenters. The zero-order valence-electron chi connectivity index (χ0n) is 13.2. The van der Waals surface area contributed by atoms with Crippen molar-refractivity contribution in [1.29, 1.82) is 0 Å². The average Bonchev–Trinajstić information content (AvgIpc) is 2.82. The van der Waals surface area contributed by atoms with Crippen LogP contribution in [0.5, 0.6) is 0 Å². The fourth-order valence-electron chi connectivity index (χ4n) is 1.89. The molecule has 1 rings (SSSR count). The first-order valence-corrected chi connectivity index (χ1v) is 7.77. The van der Waals surface area contributed by atoms with Crippen molar-refractivity contribution < 1.29 is 9.53 Å². The van der Waals surface area contributed by atoms with Gasteiger partial charge in [-0.15, -0.1) is 0 Å². The topological polar surface area (TPSA) is 41.9 Å². The van der Waals surface area contributed by atoms with E-state index in [0.717, 1.165) is 19.5 Å². The summed E-state index contributed by atoms with van der Waals surface area (Å²) in [5.41, 5.74) is 0. The number of carbonyl (C=O) groups is 1. The largest absolute Gasteiger partial charge is 0.451 e. The third-order valence-electron chi connectivity index (χ3n) is 3.03. The predicted molar refractivity (Wildman–Crippen MR) is 80.3 cm³/mol. The van der Waals surface area contributed by atoms with Gasteiger partial charge in [-0.25, -0.2) is 0 Å². The minimum atomic E-state index is -0.352. The number of aliphatic imine (C=N–C) groups is 1. The van der Waals surface area contributed by atoms with E-state index in [2.05, 4.69) is 23.7 Å². The van der Waals surface area contributed by atoms with Crippen LogP contribution in [-0.4, -0.2) is 36.0 Å². The Morgan fingerprint density at radius 3 is 2.32 bits per heavy atom. The molecule has 0 radical (unpaired) electrons. The monoisotopic (exact) mass is 270 g/mol. The summed E-state index contributed by atoms with van der Waals surface area (Å²) in [5.74, 6) is -0.130. The molecule has 19 heavy (non-hydrogen) atoms. The lowest BCUT2D eigenvalue weighted by Gasteiger charge is -2.22. The molecule has 0 spiro atoms. The third kappa shape index (κ3) is 6.08. The van der Waals surface area contributed by atoms with Crippen LogP contribution in [0.2, 0.25) is 0 Å². The lowest BCUT2D eigenvalue weighted by atomic mass is 10.2. The summed E-state index contributed by atoms with van der Waals surface area (Å²) in [6.45, 7) is 12.0. The van der Waals surface area contributed by atoms with Crippen molar-refractivity contribution in [3.63, 3.8) is 0 Å². The summed E-state index contributed by atoms with van der Waals surface area (Å²) in [5, 5.41) is 0. The minimum Gasteiger partial charge on any atom is -0.451 e. The van der Waals surface area contributed by atoms with Gasteiger partial charge in [0.2, 0.25) is 0 Å². The number of unbranched alkanes of at least 4 members (excludes halogenated alkanes) is 3. The second-order valence-electron chi connectivity index (χ2n) is 4.39. The Bertz CT molecular complexity index is 277. The van der Waals surface area contributed by atoms with Crippen LogP contribution in [0.3, 0.4) is 0 Å². The third-order valence-corrected chi connectivity index (χ3v) is 3.03. The molecule has 112 valence electrons. The molecule has 0 aromatic carbocycles. The van der Waals surface area contributed by atoms with Crippen molar-refractivity contribution in [2.24, 2.45) is 4.99 Å². The SMILES string of the molecule is CC.CCCCCCN(CC)C1=NC(=O)C(CC)O1. The molecule has 1 amide bonds. The summed E-state index contributed by atoms with van der Waals surface area (Å²) in [6, 6.07) is 0.529. The highest BCUT2D eigenvalue weighted by molar-refractivity contribution is 5.98. The summed E-state index contributed by atoms with van der Waals surface area (Å²) in [4.78, 5) is 17.5. The lowest BCUT2D eigenvalue weighted by molar-refractivity contribution is -0.122. The van der Waals surface area contributed by atoms with Gasteiger partial charge in [0.25, 0.3) is 11.9 Å². The Hall–Kier alpha value is -1.06. The summed E-state index contributed by atoms with van der Waals surface area (Å²) in [6.07, 6.45) is 5.20. The summed E-state index contributed by atoms with van der Waals surface area (Å²) < 4.78 is 5.56. The van der Waals surface area contributed by atoms with Gasteiger partial charge in [-0.1, -0.05) is 47.0 Å².